The summed E-state index contributed by atoms with van der Waals surface area (Å²) in [4.78, 5) is 42.8. The number of fused-ring (bicyclic) bond motifs is 1. The first-order chi connectivity index (χ1) is 16.5. The molecule has 0 saturated heterocycles. The van der Waals surface area contributed by atoms with Crippen molar-refractivity contribution >= 4 is 17.7 Å². The first-order valence-electron chi connectivity index (χ1n) is 11.4. The number of likely N-dealkylation sites (N-methyl/N-ethyl adjacent to an activating group) is 1. The number of ether oxygens (including phenoxy) is 1. The number of hydrogen-bond donors (Lipinski definition) is 2. The molecule has 1 amide bonds. The Balaban J connectivity index is 1.63. The van der Waals surface area contributed by atoms with Gasteiger partial charge >= 0.3 is 5.97 Å². The van der Waals surface area contributed by atoms with Gasteiger partial charge < -0.3 is 15.4 Å². The quantitative estimate of drug-likeness (QED) is 0.526. The summed E-state index contributed by atoms with van der Waals surface area (Å²) in [5.41, 5.74) is 2.82. The molecule has 1 unspecified atom stereocenters. The van der Waals surface area contributed by atoms with Gasteiger partial charge in [0.2, 0.25) is 5.91 Å². The Morgan fingerprint density at radius 1 is 1.15 bits per heavy atom. The Hall–Kier alpha value is -3.78. The van der Waals surface area contributed by atoms with Crippen molar-refractivity contribution in [3.05, 3.63) is 82.3 Å². The number of rotatable bonds is 7. The summed E-state index contributed by atoms with van der Waals surface area (Å²) in [6.45, 7) is 1.38. The van der Waals surface area contributed by atoms with Crippen LogP contribution in [-0.4, -0.2) is 34.5 Å². The van der Waals surface area contributed by atoms with Crippen molar-refractivity contribution in [3.8, 4) is 11.3 Å². The summed E-state index contributed by atoms with van der Waals surface area (Å²) in [7, 11) is 1.65. The summed E-state index contributed by atoms with van der Waals surface area (Å²) < 4.78 is 7.13. The molecule has 1 aliphatic rings. The van der Waals surface area contributed by atoms with E-state index in [2.05, 4.69) is 21.7 Å². The number of benzene rings is 2. The molecule has 0 saturated carbocycles. The number of amides is 1. The van der Waals surface area contributed by atoms with Crippen molar-refractivity contribution in [2.45, 2.75) is 44.9 Å². The van der Waals surface area contributed by atoms with Crippen LogP contribution in [0.1, 0.15) is 37.0 Å². The number of carbonyl (C=O) groups excluding carboxylic acids is 2. The van der Waals surface area contributed by atoms with E-state index in [1.165, 1.54) is 16.3 Å². The van der Waals surface area contributed by atoms with E-state index in [1.54, 1.807) is 14.0 Å². The van der Waals surface area contributed by atoms with Crippen LogP contribution >= 0.6 is 0 Å². The van der Waals surface area contributed by atoms with Crippen LogP contribution in [0.2, 0.25) is 0 Å². The second kappa shape index (κ2) is 10.4. The lowest BCUT2D eigenvalue weighted by Gasteiger charge is -2.25. The predicted octanol–water partition coefficient (Wildman–Crippen LogP) is 3.08. The van der Waals surface area contributed by atoms with Crippen molar-refractivity contribution in [1.29, 1.82) is 0 Å². The number of aryl methyl sites for hydroxylation is 1. The monoisotopic (exact) mass is 460 g/mol. The third-order valence-electron chi connectivity index (χ3n) is 6.07. The summed E-state index contributed by atoms with van der Waals surface area (Å²) in [5.74, 6) is -1.05. The van der Waals surface area contributed by atoms with Gasteiger partial charge in [-0.1, -0.05) is 54.6 Å². The second-order valence-corrected chi connectivity index (χ2v) is 8.32. The molecule has 2 aromatic carbocycles. The Kier molecular flexibility index (Phi) is 7.18. The van der Waals surface area contributed by atoms with Crippen LogP contribution < -0.4 is 16.2 Å². The topological polar surface area (TPSA) is 102 Å². The summed E-state index contributed by atoms with van der Waals surface area (Å²) in [6, 6.07) is 16.6. The number of esters is 1. The maximum atomic E-state index is 13.3. The van der Waals surface area contributed by atoms with E-state index in [0.29, 0.717) is 5.69 Å². The molecule has 8 heteroatoms. The maximum Gasteiger partial charge on any atom is 0.326 e. The molecule has 2 atom stereocenters. The fourth-order valence-electron chi connectivity index (χ4n) is 4.08. The van der Waals surface area contributed by atoms with Crippen molar-refractivity contribution < 1.29 is 14.3 Å². The Morgan fingerprint density at radius 3 is 2.65 bits per heavy atom. The van der Waals surface area contributed by atoms with Gasteiger partial charge in [-0.25, -0.2) is 4.98 Å². The molecule has 34 heavy (non-hydrogen) atoms. The standard InChI is InChI=1S/C26H28N4O4/c1-17(27-2)25(32)29-24-26(33)30(21(15-28-24)19-10-4-3-5-11-19)16-23(31)34-22-14-8-12-18-9-6-7-13-20(18)22/h3-7,9-11,13,15,17,22,27H,8,12,14,16H2,1-2H3,(H,28,29,32)/t17-,22?/m0/s1. The lowest BCUT2D eigenvalue weighted by molar-refractivity contribution is -0.151. The summed E-state index contributed by atoms with van der Waals surface area (Å²) in [6.07, 6.45) is 3.77. The number of carbonyl (C=O) groups is 2. The van der Waals surface area contributed by atoms with E-state index in [9.17, 15) is 14.4 Å². The predicted molar refractivity (Wildman–Crippen MR) is 129 cm³/mol. The molecule has 0 fully saturated rings. The largest absolute Gasteiger partial charge is 0.456 e. The fraction of sp³-hybridized carbons (Fsp3) is 0.308. The van der Waals surface area contributed by atoms with Crippen LogP contribution in [0.25, 0.3) is 11.3 Å². The number of nitrogens with one attached hydrogen (secondary N) is 2. The Labute approximate surface area is 198 Å². The normalized spacial score (nSPS) is 15.8. The molecule has 0 bridgehead atoms. The summed E-state index contributed by atoms with van der Waals surface area (Å²) >= 11 is 0. The van der Waals surface area contributed by atoms with Crippen LogP contribution in [0.5, 0.6) is 0 Å². The minimum atomic E-state index is -0.570. The minimum absolute atomic E-state index is 0.136. The smallest absolute Gasteiger partial charge is 0.326 e. The number of anilines is 1. The van der Waals surface area contributed by atoms with Crippen LogP contribution in [0, 0.1) is 0 Å². The number of nitrogens with zero attached hydrogens (tertiary/aromatic N) is 2. The van der Waals surface area contributed by atoms with Gasteiger partial charge in [0.05, 0.1) is 17.9 Å². The molecule has 4 rings (SSSR count). The average Bonchev–Trinajstić information content (AvgIpc) is 2.86. The molecule has 2 N–H and O–H groups in total. The zero-order chi connectivity index (χ0) is 24.1. The van der Waals surface area contributed by atoms with Gasteiger partial charge in [-0.2, -0.15) is 0 Å². The summed E-state index contributed by atoms with van der Waals surface area (Å²) in [5, 5.41) is 5.37. The highest BCUT2D eigenvalue weighted by molar-refractivity contribution is 5.93. The first kappa shape index (κ1) is 23.4. The Morgan fingerprint density at radius 2 is 1.88 bits per heavy atom. The van der Waals surface area contributed by atoms with Gasteiger partial charge in [0, 0.05) is 0 Å². The third kappa shape index (κ3) is 5.07. The van der Waals surface area contributed by atoms with Crippen LogP contribution in [0.15, 0.2) is 65.6 Å². The molecule has 0 aliphatic heterocycles. The van der Waals surface area contributed by atoms with Gasteiger partial charge in [-0.05, 0) is 49.9 Å². The highest BCUT2D eigenvalue weighted by Crippen LogP contribution is 2.32. The van der Waals surface area contributed by atoms with Crippen molar-refractivity contribution in [3.63, 3.8) is 0 Å². The van der Waals surface area contributed by atoms with Crippen LogP contribution in [0.3, 0.4) is 0 Å². The molecular weight excluding hydrogens is 432 g/mol. The third-order valence-corrected chi connectivity index (χ3v) is 6.07. The minimum Gasteiger partial charge on any atom is -0.456 e. The fourth-order valence-corrected chi connectivity index (χ4v) is 4.08. The molecule has 8 nitrogen and oxygen atoms in total. The highest BCUT2D eigenvalue weighted by atomic mass is 16.5. The second-order valence-electron chi connectivity index (χ2n) is 8.32. The van der Waals surface area contributed by atoms with E-state index in [4.69, 9.17) is 4.74 Å². The lowest BCUT2D eigenvalue weighted by atomic mass is 9.89. The van der Waals surface area contributed by atoms with E-state index in [0.717, 1.165) is 30.4 Å². The van der Waals surface area contributed by atoms with Gasteiger partial charge in [0.15, 0.2) is 5.82 Å². The average molecular weight is 461 g/mol. The van der Waals surface area contributed by atoms with Gasteiger partial charge in [0.1, 0.15) is 12.6 Å². The molecule has 1 aromatic heterocycles. The zero-order valence-electron chi connectivity index (χ0n) is 19.3. The molecule has 0 spiro atoms. The lowest BCUT2D eigenvalue weighted by Crippen LogP contribution is -2.38. The molecular formula is C26H28N4O4. The SMILES string of the molecule is CN[C@@H](C)C(=O)Nc1ncc(-c2ccccc2)n(CC(=O)OC2CCCc3ccccc32)c1=O. The maximum absolute atomic E-state index is 13.3. The van der Waals surface area contributed by atoms with Crippen LogP contribution in [0.4, 0.5) is 5.82 Å². The number of hydrogen-bond acceptors (Lipinski definition) is 6. The molecule has 3 aromatic rings. The van der Waals surface area contributed by atoms with Gasteiger partial charge in [0.25, 0.3) is 5.56 Å². The van der Waals surface area contributed by atoms with E-state index in [1.807, 2.05) is 48.5 Å². The molecule has 1 heterocycles. The van der Waals surface area contributed by atoms with E-state index < -0.39 is 23.5 Å². The van der Waals surface area contributed by atoms with Crippen LogP contribution in [-0.2, 0) is 27.3 Å². The van der Waals surface area contributed by atoms with Crippen molar-refractivity contribution in [2.24, 2.45) is 0 Å². The van der Waals surface area contributed by atoms with Gasteiger partial charge in [-0.15, -0.1) is 0 Å². The van der Waals surface area contributed by atoms with Crippen molar-refractivity contribution in [1.82, 2.24) is 14.9 Å². The highest BCUT2D eigenvalue weighted by Gasteiger charge is 2.25. The van der Waals surface area contributed by atoms with E-state index >= 15 is 0 Å². The Bertz CT molecular complexity index is 1240. The number of aromatic nitrogens is 2. The van der Waals surface area contributed by atoms with E-state index in [-0.39, 0.29) is 18.5 Å². The van der Waals surface area contributed by atoms with Crippen molar-refractivity contribution in [2.75, 3.05) is 12.4 Å². The molecule has 176 valence electrons. The first-order valence-corrected chi connectivity index (χ1v) is 11.4. The van der Waals surface area contributed by atoms with Gasteiger partial charge in [-0.3, -0.25) is 19.0 Å². The molecule has 0 radical (unpaired) electrons. The zero-order valence-corrected chi connectivity index (χ0v) is 19.3. The molecule has 1 aliphatic carbocycles.